The fourth-order valence-electron chi connectivity index (χ4n) is 2.59. The number of nitrogens with two attached hydrogens (primary N) is 1. The Hall–Kier alpha value is -1.42. The third-order valence-electron chi connectivity index (χ3n) is 3.80. The van der Waals surface area contributed by atoms with Crippen molar-refractivity contribution in [1.82, 2.24) is 0 Å². The standard InChI is InChI=1S/C13H13F2NO/c1-7(16)13(3-4-13)11-10(15)6-9(14)8-2-5-17-12(8)11/h2,5-7H,3-4,16H2,1H3. The van der Waals surface area contributed by atoms with Crippen LogP contribution in [0.4, 0.5) is 8.78 Å². The molecule has 0 amide bonds. The number of halogens is 2. The highest BCUT2D eigenvalue weighted by atomic mass is 19.1. The first-order valence-electron chi connectivity index (χ1n) is 5.67. The van der Waals surface area contributed by atoms with Crippen molar-refractivity contribution in [3.8, 4) is 0 Å². The van der Waals surface area contributed by atoms with Gasteiger partial charge in [-0.1, -0.05) is 0 Å². The highest BCUT2D eigenvalue weighted by Crippen LogP contribution is 2.53. The zero-order valence-corrected chi connectivity index (χ0v) is 9.47. The van der Waals surface area contributed by atoms with Gasteiger partial charge in [0.15, 0.2) is 0 Å². The predicted octanol–water partition coefficient (Wildman–Crippen LogP) is 3.09. The van der Waals surface area contributed by atoms with Crippen molar-refractivity contribution >= 4 is 11.0 Å². The summed E-state index contributed by atoms with van der Waals surface area (Å²) < 4.78 is 32.8. The molecule has 1 aliphatic rings. The molecule has 4 heteroatoms. The summed E-state index contributed by atoms with van der Waals surface area (Å²) in [5, 5.41) is 0.327. The summed E-state index contributed by atoms with van der Waals surface area (Å²) in [5.41, 5.74) is 6.29. The number of fused-ring (bicyclic) bond motifs is 1. The van der Waals surface area contributed by atoms with Crippen LogP contribution in [0.15, 0.2) is 22.8 Å². The Bertz CT molecular complexity index is 584. The van der Waals surface area contributed by atoms with Gasteiger partial charge in [-0.25, -0.2) is 8.78 Å². The zero-order valence-electron chi connectivity index (χ0n) is 9.47. The number of benzene rings is 1. The van der Waals surface area contributed by atoms with Crippen molar-refractivity contribution < 1.29 is 13.2 Å². The van der Waals surface area contributed by atoms with Crippen LogP contribution in [0, 0.1) is 11.6 Å². The average Bonchev–Trinajstić information content (AvgIpc) is 2.89. The molecular formula is C13H13F2NO. The monoisotopic (exact) mass is 237 g/mol. The summed E-state index contributed by atoms with van der Waals surface area (Å²) in [6.07, 6.45) is 3.03. The van der Waals surface area contributed by atoms with Gasteiger partial charge < -0.3 is 10.2 Å². The minimum atomic E-state index is -0.588. The summed E-state index contributed by atoms with van der Waals surface area (Å²) in [6, 6.07) is 2.27. The minimum Gasteiger partial charge on any atom is -0.464 e. The van der Waals surface area contributed by atoms with E-state index in [2.05, 4.69) is 0 Å². The number of hydrogen-bond acceptors (Lipinski definition) is 2. The maximum atomic E-state index is 14.0. The van der Waals surface area contributed by atoms with E-state index in [-0.39, 0.29) is 11.5 Å². The lowest BCUT2D eigenvalue weighted by molar-refractivity contribution is 0.495. The Balaban J connectivity index is 2.33. The Morgan fingerprint density at radius 3 is 2.65 bits per heavy atom. The second kappa shape index (κ2) is 3.29. The van der Waals surface area contributed by atoms with Gasteiger partial charge in [-0.3, -0.25) is 0 Å². The summed E-state index contributed by atoms with van der Waals surface area (Å²) in [7, 11) is 0. The summed E-state index contributed by atoms with van der Waals surface area (Å²) in [4.78, 5) is 0. The summed E-state index contributed by atoms with van der Waals surface area (Å²) >= 11 is 0. The first kappa shape index (κ1) is 10.7. The van der Waals surface area contributed by atoms with Gasteiger partial charge in [0.25, 0.3) is 0 Å². The second-order valence-electron chi connectivity index (χ2n) is 4.82. The smallest absolute Gasteiger partial charge is 0.143 e. The highest BCUT2D eigenvalue weighted by molar-refractivity contribution is 5.83. The molecule has 2 nitrogen and oxygen atoms in total. The molecule has 0 radical (unpaired) electrons. The van der Waals surface area contributed by atoms with Crippen LogP contribution in [0.5, 0.6) is 0 Å². The lowest BCUT2D eigenvalue weighted by Crippen LogP contribution is -2.32. The predicted molar refractivity (Wildman–Crippen MR) is 60.7 cm³/mol. The number of furan rings is 1. The van der Waals surface area contributed by atoms with Gasteiger partial charge in [-0.2, -0.15) is 0 Å². The molecule has 1 aliphatic carbocycles. The fraction of sp³-hybridized carbons (Fsp3) is 0.385. The van der Waals surface area contributed by atoms with Crippen molar-refractivity contribution in [2.45, 2.75) is 31.2 Å². The van der Waals surface area contributed by atoms with Crippen molar-refractivity contribution in [3.63, 3.8) is 0 Å². The highest BCUT2D eigenvalue weighted by Gasteiger charge is 2.51. The molecule has 2 aromatic rings. The van der Waals surface area contributed by atoms with Crippen LogP contribution in [0.25, 0.3) is 11.0 Å². The average molecular weight is 237 g/mol. The Morgan fingerprint density at radius 2 is 2.06 bits per heavy atom. The molecule has 90 valence electrons. The van der Waals surface area contributed by atoms with Gasteiger partial charge in [0.1, 0.15) is 17.2 Å². The van der Waals surface area contributed by atoms with E-state index in [0.717, 1.165) is 18.9 Å². The molecule has 1 unspecified atom stereocenters. The number of hydrogen-bond donors (Lipinski definition) is 1. The van der Waals surface area contributed by atoms with E-state index in [4.69, 9.17) is 10.2 Å². The van der Waals surface area contributed by atoms with Crippen LogP contribution in [-0.2, 0) is 5.41 Å². The van der Waals surface area contributed by atoms with Crippen LogP contribution >= 0.6 is 0 Å². The zero-order chi connectivity index (χ0) is 12.2. The van der Waals surface area contributed by atoms with Crippen LogP contribution in [0.2, 0.25) is 0 Å². The maximum absolute atomic E-state index is 14.0. The Morgan fingerprint density at radius 1 is 1.35 bits per heavy atom. The summed E-state index contributed by atoms with van der Waals surface area (Å²) in [5.74, 6) is -1.14. The normalized spacial score (nSPS) is 19.5. The molecule has 1 aromatic carbocycles. The van der Waals surface area contributed by atoms with Crippen LogP contribution in [0.1, 0.15) is 25.3 Å². The van der Waals surface area contributed by atoms with E-state index in [1.807, 2.05) is 6.92 Å². The molecule has 1 saturated carbocycles. The van der Waals surface area contributed by atoms with Crippen LogP contribution in [-0.4, -0.2) is 6.04 Å². The van der Waals surface area contributed by atoms with Crippen molar-refractivity contribution in [1.29, 1.82) is 0 Å². The third kappa shape index (κ3) is 1.33. The van der Waals surface area contributed by atoms with Crippen molar-refractivity contribution in [2.24, 2.45) is 5.73 Å². The van der Waals surface area contributed by atoms with Crippen molar-refractivity contribution in [3.05, 3.63) is 35.6 Å². The fourth-order valence-corrected chi connectivity index (χ4v) is 2.59. The first-order valence-corrected chi connectivity index (χ1v) is 5.67. The van der Waals surface area contributed by atoms with Gasteiger partial charge in [0.2, 0.25) is 0 Å². The molecule has 0 spiro atoms. The molecule has 1 atom stereocenters. The quantitative estimate of drug-likeness (QED) is 0.871. The van der Waals surface area contributed by atoms with Gasteiger partial charge >= 0.3 is 0 Å². The third-order valence-corrected chi connectivity index (χ3v) is 3.80. The van der Waals surface area contributed by atoms with Crippen LogP contribution in [0.3, 0.4) is 0 Å². The molecule has 3 rings (SSSR count). The maximum Gasteiger partial charge on any atom is 0.143 e. The number of rotatable bonds is 2. The topological polar surface area (TPSA) is 39.2 Å². The SMILES string of the molecule is CC(N)C1(c2c(F)cc(F)c3ccoc23)CC1. The molecule has 0 bridgehead atoms. The van der Waals surface area contributed by atoms with E-state index in [9.17, 15) is 8.78 Å². The van der Waals surface area contributed by atoms with Gasteiger partial charge in [0.05, 0.1) is 11.6 Å². The van der Waals surface area contributed by atoms with E-state index in [1.165, 1.54) is 12.3 Å². The van der Waals surface area contributed by atoms with E-state index >= 15 is 0 Å². The minimum absolute atomic E-state index is 0.171. The van der Waals surface area contributed by atoms with E-state index < -0.39 is 11.6 Å². The molecule has 2 N–H and O–H groups in total. The lowest BCUT2D eigenvalue weighted by atomic mass is 9.88. The molecule has 1 fully saturated rings. The van der Waals surface area contributed by atoms with Gasteiger partial charge in [-0.05, 0) is 25.8 Å². The lowest BCUT2D eigenvalue weighted by Gasteiger charge is -2.21. The molecule has 0 aliphatic heterocycles. The van der Waals surface area contributed by atoms with Gasteiger partial charge in [0, 0.05) is 23.1 Å². The Kier molecular flexibility index (Phi) is 2.08. The van der Waals surface area contributed by atoms with Crippen LogP contribution < -0.4 is 5.73 Å². The molecule has 1 aromatic heterocycles. The van der Waals surface area contributed by atoms with Gasteiger partial charge in [-0.15, -0.1) is 0 Å². The Labute approximate surface area is 97.4 Å². The van der Waals surface area contributed by atoms with E-state index in [1.54, 1.807) is 0 Å². The molecule has 17 heavy (non-hydrogen) atoms. The largest absolute Gasteiger partial charge is 0.464 e. The summed E-state index contributed by atoms with van der Waals surface area (Å²) in [6.45, 7) is 1.85. The molecular weight excluding hydrogens is 224 g/mol. The molecule has 0 saturated heterocycles. The molecule has 1 heterocycles. The van der Waals surface area contributed by atoms with Crippen molar-refractivity contribution in [2.75, 3.05) is 0 Å². The first-order chi connectivity index (χ1) is 8.06. The second-order valence-corrected chi connectivity index (χ2v) is 4.82. The van der Waals surface area contributed by atoms with E-state index in [0.29, 0.717) is 16.5 Å².